The van der Waals surface area contributed by atoms with Gasteiger partial charge in [-0.1, -0.05) is 45.1 Å². The minimum atomic E-state index is -3.61. The average molecular weight is 306 g/mol. The van der Waals surface area contributed by atoms with Gasteiger partial charge in [0.15, 0.2) is 0 Å². The first-order valence-corrected chi connectivity index (χ1v) is 6.73. The van der Waals surface area contributed by atoms with Gasteiger partial charge in [0.25, 0.3) is 10.0 Å². The first-order valence-electron chi connectivity index (χ1n) is 4.45. The molecule has 4 nitrogen and oxygen atoms in total. The van der Waals surface area contributed by atoms with Gasteiger partial charge in [-0.3, -0.25) is 4.84 Å². The van der Waals surface area contributed by atoms with Crippen molar-refractivity contribution in [2.75, 3.05) is 6.61 Å². The lowest BCUT2D eigenvalue weighted by molar-refractivity contribution is 0.118. The molecule has 0 aliphatic rings. The quantitative estimate of drug-likeness (QED) is 0.848. The summed E-state index contributed by atoms with van der Waals surface area (Å²) in [6.45, 7) is 5.47. The molecule has 0 heterocycles. The fourth-order valence-corrected chi connectivity index (χ4v) is 1.87. The zero-order chi connectivity index (χ0) is 12.2. The van der Waals surface area contributed by atoms with E-state index in [1.807, 2.05) is 11.8 Å². The summed E-state index contributed by atoms with van der Waals surface area (Å²) in [5.41, 5.74) is 0.994. The summed E-state index contributed by atoms with van der Waals surface area (Å²) in [6, 6.07) is 6.48. The third kappa shape index (κ3) is 4.05. The van der Waals surface area contributed by atoms with Gasteiger partial charge in [-0.15, -0.1) is 0 Å². The summed E-state index contributed by atoms with van der Waals surface area (Å²) < 4.78 is 23.8. The van der Waals surface area contributed by atoms with Crippen molar-refractivity contribution >= 4 is 26.0 Å². The molecule has 0 fully saturated rings. The van der Waals surface area contributed by atoms with E-state index in [-0.39, 0.29) is 11.5 Å². The predicted octanol–water partition coefficient (Wildman–Crippen LogP) is 2.11. The number of sulfonamides is 1. The lowest BCUT2D eigenvalue weighted by Crippen LogP contribution is -2.24. The molecule has 0 saturated heterocycles. The summed E-state index contributed by atoms with van der Waals surface area (Å²) in [5, 5.41) is 0. The second-order valence-corrected chi connectivity index (χ2v) is 5.97. The third-order valence-corrected chi connectivity index (χ3v) is 3.19. The first-order chi connectivity index (χ1) is 7.42. The van der Waals surface area contributed by atoms with E-state index in [0.717, 1.165) is 5.56 Å². The molecule has 0 aromatic heterocycles. The fraction of sp³-hybridized carbons (Fsp3) is 0.200. The number of benzene rings is 1. The molecule has 16 heavy (non-hydrogen) atoms. The maximum atomic E-state index is 11.6. The van der Waals surface area contributed by atoms with Gasteiger partial charge in [0.1, 0.15) is 6.61 Å². The van der Waals surface area contributed by atoms with E-state index in [1.54, 1.807) is 12.1 Å². The SMILES string of the molecule is C=C(Br)CONS(=O)(=O)c1ccc(C)cc1. The number of halogens is 1. The van der Waals surface area contributed by atoms with Crippen LogP contribution < -0.4 is 4.89 Å². The molecule has 1 aromatic carbocycles. The molecule has 0 aliphatic carbocycles. The molecule has 0 radical (unpaired) electrons. The van der Waals surface area contributed by atoms with E-state index in [4.69, 9.17) is 4.84 Å². The zero-order valence-corrected chi connectivity index (χ0v) is 11.1. The first kappa shape index (κ1) is 13.4. The maximum absolute atomic E-state index is 11.6. The Balaban J connectivity index is 2.71. The highest BCUT2D eigenvalue weighted by Crippen LogP contribution is 2.10. The molecule has 0 bridgehead atoms. The predicted molar refractivity (Wildman–Crippen MR) is 65.5 cm³/mol. The highest BCUT2D eigenvalue weighted by Gasteiger charge is 2.13. The standard InChI is InChI=1S/C10H12BrNO3S/c1-8-3-5-10(6-4-8)16(13,14)12-15-7-9(2)11/h3-6,12H,2,7H2,1H3. The van der Waals surface area contributed by atoms with Gasteiger partial charge in [-0.2, -0.15) is 0 Å². The summed E-state index contributed by atoms with van der Waals surface area (Å²) in [4.78, 5) is 6.93. The molecule has 0 amide bonds. The van der Waals surface area contributed by atoms with Crippen LogP contribution in [0.1, 0.15) is 5.56 Å². The lowest BCUT2D eigenvalue weighted by atomic mass is 10.2. The van der Waals surface area contributed by atoms with Gasteiger partial charge >= 0.3 is 0 Å². The van der Waals surface area contributed by atoms with E-state index < -0.39 is 10.0 Å². The van der Waals surface area contributed by atoms with E-state index in [9.17, 15) is 8.42 Å². The van der Waals surface area contributed by atoms with Crippen LogP contribution >= 0.6 is 15.9 Å². The zero-order valence-electron chi connectivity index (χ0n) is 8.73. The van der Waals surface area contributed by atoms with Crippen LogP contribution in [0.15, 0.2) is 40.2 Å². The van der Waals surface area contributed by atoms with Crippen LogP contribution in [0.2, 0.25) is 0 Å². The molecule has 88 valence electrons. The van der Waals surface area contributed by atoms with Gasteiger partial charge in [0, 0.05) is 4.48 Å². The molecule has 1 rings (SSSR count). The fourth-order valence-electron chi connectivity index (χ4n) is 0.951. The minimum Gasteiger partial charge on any atom is -0.282 e. The summed E-state index contributed by atoms with van der Waals surface area (Å²) in [5.74, 6) is 0. The van der Waals surface area contributed by atoms with E-state index >= 15 is 0 Å². The van der Waals surface area contributed by atoms with Crippen molar-refractivity contribution in [3.8, 4) is 0 Å². The van der Waals surface area contributed by atoms with E-state index in [2.05, 4.69) is 22.5 Å². The summed E-state index contributed by atoms with van der Waals surface area (Å²) in [7, 11) is -3.61. The molecule has 0 atom stereocenters. The number of nitrogens with one attached hydrogen (secondary N) is 1. The van der Waals surface area contributed by atoms with Gasteiger partial charge in [-0.05, 0) is 19.1 Å². The Kier molecular flexibility index (Phi) is 4.67. The Bertz CT molecular complexity index is 467. The van der Waals surface area contributed by atoms with Crippen LogP contribution in [0.4, 0.5) is 0 Å². The molecule has 1 aromatic rings. The lowest BCUT2D eigenvalue weighted by Gasteiger charge is -2.06. The van der Waals surface area contributed by atoms with Gasteiger partial charge < -0.3 is 0 Å². The molecule has 1 N–H and O–H groups in total. The van der Waals surface area contributed by atoms with Crippen LogP contribution in [0, 0.1) is 6.92 Å². The number of aryl methyl sites for hydroxylation is 1. The van der Waals surface area contributed by atoms with E-state index in [0.29, 0.717) is 4.48 Å². The van der Waals surface area contributed by atoms with Crippen LogP contribution in [0.5, 0.6) is 0 Å². The monoisotopic (exact) mass is 305 g/mol. The normalized spacial score (nSPS) is 11.4. The van der Waals surface area contributed by atoms with Crippen molar-refractivity contribution in [2.24, 2.45) is 0 Å². The highest BCUT2D eigenvalue weighted by atomic mass is 79.9. The van der Waals surface area contributed by atoms with Gasteiger partial charge in [0.2, 0.25) is 0 Å². The van der Waals surface area contributed by atoms with E-state index in [1.165, 1.54) is 12.1 Å². The Morgan fingerprint density at radius 3 is 2.50 bits per heavy atom. The average Bonchev–Trinajstić information content (AvgIpc) is 2.17. The van der Waals surface area contributed by atoms with Gasteiger partial charge in [-0.25, -0.2) is 8.42 Å². The van der Waals surface area contributed by atoms with Crippen molar-refractivity contribution in [1.29, 1.82) is 0 Å². The molecule has 0 unspecified atom stereocenters. The Hall–Kier alpha value is -0.690. The number of hydrogen-bond acceptors (Lipinski definition) is 3. The minimum absolute atomic E-state index is 0.0745. The Morgan fingerprint density at radius 1 is 1.44 bits per heavy atom. The second kappa shape index (κ2) is 5.58. The van der Waals surface area contributed by atoms with Crippen molar-refractivity contribution < 1.29 is 13.3 Å². The van der Waals surface area contributed by atoms with Crippen LogP contribution in [0.25, 0.3) is 0 Å². The van der Waals surface area contributed by atoms with Crippen molar-refractivity contribution in [3.63, 3.8) is 0 Å². The second-order valence-electron chi connectivity index (χ2n) is 3.21. The molecule has 6 heteroatoms. The maximum Gasteiger partial charge on any atom is 0.262 e. The largest absolute Gasteiger partial charge is 0.282 e. The molecular formula is C10H12BrNO3S. The van der Waals surface area contributed by atoms with Crippen molar-refractivity contribution in [3.05, 3.63) is 40.9 Å². The Labute approximate surface area is 103 Å². The van der Waals surface area contributed by atoms with Crippen molar-refractivity contribution in [1.82, 2.24) is 4.89 Å². The number of rotatable bonds is 5. The Morgan fingerprint density at radius 2 is 2.00 bits per heavy atom. The van der Waals surface area contributed by atoms with Gasteiger partial charge in [0.05, 0.1) is 4.90 Å². The van der Waals surface area contributed by atoms with Crippen LogP contribution in [0.3, 0.4) is 0 Å². The van der Waals surface area contributed by atoms with Crippen LogP contribution in [-0.2, 0) is 14.9 Å². The topological polar surface area (TPSA) is 55.4 Å². The third-order valence-electron chi connectivity index (χ3n) is 1.73. The highest BCUT2D eigenvalue weighted by molar-refractivity contribution is 9.11. The molecule has 0 spiro atoms. The molecule has 0 saturated carbocycles. The summed E-state index contributed by atoms with van der Waals surface area (Å²) >= 11 is 3.05. The van der Waals surface area contributed by atoms with Crippen LogP contribution in [-0.4, -0.2) is 15.0 Å². The summed E-state index contributed by atoms with van der Waals surface area (Å²) in [6.07, 6.45) is 0. The molecular weight excluding hydrogens is 294 g/mol. The number of hydrogen-bond donors (Lipinski definition) is 1. The molecule has 0 aliphatic heterocycles. The smallest absolute Gasteiger partial charge is 0.262 e. The van der Waals surface area contributed by atoms with Crippen molar-refractivity contribution in [2.45, 2.75) is 11.8 Å².